The van der Waals surface area contributed by atoms with Crippen LogP contribution in [-0.4, -0.2) is 22.1 Å². The topological polar surface area (TPSA) is 92.4 Å². The monoisotopic (exact) mass is 268 g/mol. The molecule has 0 bridgehead atoms. The molecule has 1 rings (SSSR count). The maximum absolute atomic E-state index is 11.9. The van der Waals surface area contributed by atoms with Crippen LogP contribution >= 0.6 is 0 Å². The fourth-order valence-corrected chi connectivity index (χ4v) is 1.89. The zero-order valence-corrected chi connectivity index (χ0v) is 11.7. The number of anilines is 1. The second kappa shape index (κ2) is 5.86. The van der Waals surface area contributed by atoms with Gasteiger partial charge in [-0.1, -0.05) is 19.0 Å². The van der Waals surface area contributed by atoms with Crippen molar-refractivity contribution in [3.8, 4) is 0 Å². The Labute approximate surface area is 112 Å². The number of carbonyl (C=O) groups is 2. The number of nitrogens with zero attached hydrogens (tertiary/aromatic N) is 1. The molecule has 0 aliphatic rings. The molecule has 0 fully saturated rings. The van der Waals surface area contributed by atoms with Gasteiger partial charge in [0.25, 0.3) is 0 Å². The fourth-order valence-electron chi connectivity index (χ4n) is 1.89. The smallest absolute Gasteiger partial charge is 0.310 e. The zero-order valence-electron chi connectivity index (χ0n) is 11.7. The fraction of sp³-hybridized carbons (Fsp3) is 0.615. The summed E-state index contributed by atoms with van der Waals surface area (Å²) in [5.41, 5.74) is 0.431. The van der Waals surface area contributed by atoms with Crippen LogP contribution in [0.4, 0.5) is 5.88 Å². The molecule has 0 radical (unpaired) electrons. The number of aryl methyl sites for hydroxylation is 1. The number of aromatic nitrogens is 1. The van der Waals surface area contributed by atoms with E-state index in [-0.39, 0.29) is 18.2 Å². The number of carboxylic acids is 1. The highest BCUT2D eigenvalue weighted by atomic mass is 16.5. The maximum Gasteiger partial charge on any atom is 0.310 e. The Bertz CT molecular complexity index is 475. The minimum absolute atomic E-state index is 0.0749. The molecule has 1 aromatic rings. The Morgan fingerprint density at radius 3 is 2.26 bits per heavy atom. The summed E-state index contributed by atoms with van der Waals surface area (Å²) in [5.74, 6) is -1.03. The molecular formula is C13H20N2O4. The van der Waals surface area contributed by atoms with Crippen LogP contribution < -0.4 is 5.32 Å². The number of carboxylic acid groups (broad SMARTS) is 1. The third-order valence-corrected chi connectivity index (χ3v) is 3.72. The van der Waals surface area contributed by atoms with Gasteiger partial charge in [0.1, 0.15) is 0 Å². The van der Waals surface area contributed by atoms with Crippen molar-refractivity contribution in [3.63, 3.8) is 0 Å². The largest absolute Gasteiger partial charge is 0.481 e. The average molecular weight is 268 g/mol. The summed E-state index contributed by atoms with van der Waals surface area (Å²) in [6, 6.07) is 0. The van der Waals surface area contributed by atoms with E-state index in [1.807, 2.05) is 0 Å². The minimum atomic E-state index is -1.02. The highest BCUT2D eigenvalue weighted by Crippen LogP contribution is 2.31. The number of carbonyl (C=O) groups excluding carboxylic acids is 1. The van der Waals surface area contributed by atoms with E-state index in [0.717, 1.165) is 5.56 Å². The standard InChI is InChI=1S/C13H20N2O4/c1-5-13(6-2,12(17)18)7-10(16)14-11-8(3)9(4)15-19-11/h5-7H2,1-4H3,(H,14,16)(H,17,18). The van der Waals surface area contributed by atoms with Gasteiger partial charge in [0.2, 0.25) is 11.8 Å². The van der Waals surface area contributed by atoms with Crippen molar-refractivity contribution in [2.24, 2.45) is 5.41 Å². The molecule has 0 spiro atoms. The predicted octanol–water partition coefficient (Wildman–Crippen LogP) is 2.51. The van der Waals surface area contributed by atoms with Gasteiger partial charge in [-0.2, -0.15) is 0 Å². The molecule has 1 heterocycles. The summed E-state index contributed by atoms with van der Waals surface area (Å²) in [6.45, 7) is 7.10. The lowest BCUT2D eigenvalue weighted by atomic mass is 9.79. The number of aliphatic carboxylic acids is 1. The Hall–Kier alpha value is -1.85. The first-order valence-corrected chi connectivity index (χ1v) is 6.32. The van der Waals surface area contributed by atoms with E-state index in [0.29, 0.717) is 18.5 Å². The molecule has 6 nitrogen and oxygen atoms in total. The Morgan fingerprint density at radius 2 is 1.89 bits per heavy atom. The zero-order chi connectivity index (χ0) is 14.6. The van der Waals surface area contributed by atoms with Gasteiger partial charge in [0.05, 0.1) is 11.1 Å². The molecular weight excluding hydrogens is 248 g/mol. The maximum atomic E-state index is 11.9. The molecule has 19 heavy (non-hydrogen) atoms. The van der Waals surface area contributed by atoms with Gasteiger partial charge in [-0.25, -0.2) is 0 Å². The lowest BCUT2D eigenvalue weighted by Gasteiger charge is -2.25. The van der Waals surface area contributed by atoms with Crippen LogP contribution in [-0.2, 0) is 9.59 Å². The lowest BCUT2D eigenvalue weighted by molar-refractivity contribution is -0.151. The second-order valence-electron chi connectivity index (χ2n) is 4.74. The first-order valence-electron chi connectivity index (χ1n) is 6.32. The Kier molecular flexibility index (Phi) is 4.69. The van der Waals surface area contributed by atoms with Gasteiger partial charge >= 0.3 is 5.97 Å². The number of nitrogens with one attached hydrogen (secondary N) is 1. The van der Waals surface area contributed by atoms with Crippen LogP contribution in [0.1, 0.15) is 44.4 Å². The Morgan fingerprint density at radius 1 is 1.32 bits per heavy atom. The third-order valence-electron chi connectivity index (χ3n) is 3.72. The van der Waals surface area contributed by atoms with Crippen molar-refractivity contribution in [2.75, 3.05) is 5.32 Å². The highest BCUT2D eigenvalue weighted by molar-refractivity contribution is 5.93. The molecule has 0 aromatic carbocycles. The minimum Gasteiger partial charge on any atom is -0.481 e. The number of amides is 1. The van der Waals surface area contributed by atoms with Crippen LogP contribution in [0.25, 0.3) is 0 Å². The Balaban J connectivity index is 2.79. The van der Waals surface area contributed by atoms with Crippen molar-refractivity contribution in [1.29, 1.82) is 0 Å². The molecule has 6 heteroatoms. The normalized spacial score (nSPS) is 11.4. The van der Waals surface area contributed by atoms with Crippen LogP contribution in [0, 0.1) is 19.3 Å². The molecule has 2 N–H and O–H groups in total. The average Bonchev–Trinajstić information content (AvgIpc) is 2.67. The van der Waals surface area contributed by atoms with E-state index in [2.05, 4.69) is 10.5 Å². The highest BCUT2D eigenvalue weighted by Gasteiger charge is 2.37. The third kappa shape index (κ3) is 3.13. The summed E-state index contributed by atoms with van der Waals surface area (Å²) in [7, 11) is 0. The lowest BCUT2D eigenvalue weighted by Crippen LogP contribution is -2.34. The first-order chi connectivity index (χ1) is 8.86. The number of hydrogen-bond donors (Lipinski definition) is 2. The van der Waals surface area contributed by atoms with Crippen LogP contribution in [0.5, 0.6) is 0 Å². The second-order valence-corrected chi connectivity index (χ2v) is 4.74. The van der Waals surface area contributed by atoms with Gasteiger partial charge in [0.15, 0.2) is 0 Å². The van der Waals surface area contributed by atoms with Crippen LogP contribution in [0.3, 0.4) is 0 Å². The van der Waals surface area contributed by atoms with E-state index < -0.39 is 11.4 Å². The molecule has 0 saturated heterocycles. The van der Waals surface area contributed by atoms with Crippen molar-refractivity contribution >= 4 is 17.8 Å². The van der Waals surface area contributed by atoms with E-state index in [1.165, 1.54) is 0 Å². The first kappa shape index (κ1) is 15.2. The SMILES string of the molecule is CCC(CC)(CC(=O)Nc1onc(C)c1C)C(=O)O. The van der Waals surface area contributed by atoms with Gasteiger partial charge in [0, 0.05) is 12.0 Å². The van der Waals surface area contributed by atoms with E-state index in [4.69, 9.17) is 4.52 Å². The summed E-state index contributed by atoms with van der Waals surface area (Å²) >= 11 is 0. The van der Waals surface area contributed by atoms with Crippen molar-refractivity contribution in [2.45, 2.75) is 47.0 Å². The summed E-state index contributed by atoms with van der Waals surface area (Å²) in [6.07, 6.45) is 0.732. The summed E-state index contributed by atoms with van der Waals surface area (Å²) in [5, 5.41) is 15.6. The molecule has 106 valence electrons. The molecule has 1 aromatic heterocycles. The summed E-state index contributed by atoms with van der Waals surface area (Å²) < 4.78 is 4.98. The van der Waals surface area contributed by atoms with Gasteiger partial charge < -0.3 is 9.63 Å². The van der Waals surface area contributed by atoms with Crippen molar-refractivity contribution in [1.82, 2.24) is 5.16 Å². The molecule has 0 atom stereocenters. The van der Waals surface area contributed by atoms with Crippen molar-refractivity contribution < 1.29 is 19.2 Å². The van der Waals surface area contributed by atoms with E-state index >= 15 is 0 Å². The van der Waals surface area contributed by atoms with Crippen LogP contribution in [0.15, 0.2) is 4.52 Å². The van der Waals surface area contributed by atoms with E-state index in [1.54, 1.807) is 27.7 Å². The number of hydrogen-bond acceptors (Lipinski definition) is 4. The molecule has 0 aliphatic heterocycles. The number of rotatable bonds is 6. The van der Waals surface area contributed by atoms with Gasteiger partial charge in [-0.3, -0.25) is 14.9 Å². The van der Waals surface area contributed by atoms with Gasteiger partial charge in [-0.05, 0) is 26.7 Å². The molecule has 0 aliphatic carbocycles. The summed E-state index contributed by atoms with van der Waals surface area (Å²) in [4.78, 5) is 23.3. The molecule has 0 unspecified atom stereocenters. The van der Waals surface area contributed by atoms with E-state index in [9.17, 15) is 14.7 Å². The van der Waals surface area contributed by atoms with Crippen molar-refractivity contribution in [3.05, 3.63) is 11.3 Å². The molecule has 1 amide bonds. The predicted molar refractivity (Wildman–Crippen MR) is 69.9 cm³/mol. The van der Waals surface area contributed by atoms with Gasteiger partial charge in [-0.15, -0.1) is 0 Å². The quantitative estimate of drug-likeness (QED) is 0.827. The molecule has 0 saturated carbocycles. The van der Waals surface area contributed by atoms with Crippen LogP contribution in [0.2, 0.25) is 0 Å².